The van der Waals surface area contributed by atoms with Gasteiger partial charge >= 0.3 is 0 Å². The highest BCUT2D eigenvalue weighted by atomic mass is 16.3. The molecule has 3 aromatic carbocycles. The molecule has 0 aliphatic carbocycles. The summed E-state index contributed by atoms with van der Waals surface area (Å²) in [4.78, 5) is 36.9. The van der Waals surface area contributed by atoms with E-state index in [0.29, 0.717) is 18.4 Å². The van der Waals surface area contributed by atoms with Crippen molar-refractivity contribution >= 4 is 23.3 Å². The lowest BCUT2D eigenvalue weighted by atomic mass is 9.95. The van der Waals surface area contributed by atoms with Gasteiger partial charge in [0.25, 0.3) is 5.91 Å². The van der Waals surface area contributed by atoms with E-state index in [1.54, 1.807) is 24.3 Å². The van der Waals surface area contributed by atoms with Crippen LogP contribution in [0.25, 0.3) is 0 Å². The first-order valence-electron chi connectivity index (χ1n) is 12.9. The number of anilines is 1. The number of aliphatic hydroxyl groups is 1. The molecule has 0 bridgehead atoms. The molecule has 0 saturated carbocycles. The number of aryl methyl sites for hydroxylation is 1. The maximum Gasteiger partial charge on any atom is 0.251 e. The van der Waals surface area contributed by atoms with Gasteiger partial charge in [0.1, 0.15) is 6.61 Å². The van der Waals surface area contributed by atoms with E-state index in [-0.39, 0.29) is 17.7 Å². The van der Waals surface area contributed by atoms with Crippen molar-refractivity contribution in [1.29, 1.82) is 0 Å². The highest BCUT2D eigenvalue weighted by Gasteiger charge is 2.25. The van der Waals surface area contributed by atoms with Crippen LogP contribution in [0.5, 0.6) is 0 Å². The summed E-state index contributed by atoms with van der Waals surface area (Å²) in [6.45, 7) is 3.19. The Morgan fingerprint density at radius 1 is 0.868 bits per heavy atom. The fourth-order valence-electron chi connectivity index (χ4n) is 3.91. The molecule has 196 valence electrons. The number of amides is 2. The zero-order valence-electron chi connectivity index (χ0n) is 21.9. The molecule has 6 heteroatoms. The van der Waals surface area contributed by atoms with E-state index in [0.717, 1.165) is 29.7 Å². The minimum absolute atomic E-state index is 0.0138. The zero-order chi connectivity index (χ0) is 27.3. The summed E-state index contributed by atoms with van der Waals surface area (Å²) in [5.41, 5.74) is 3.91. The Kier molecular flexibility index (Phi) is 10.8. The molecular formula is C32H34N2O4. The molecule has 6 nitrogen and oxygen atoms in total. The van der Waals surface area contributed by atoms with Gasteiger partial charge in [-0.2, -0.15) is 0 Å². The van der Waals surface area contributed by atoms with E-state index in [2.05, 4.69) is 34.6 Å². The van der Waals surface area contributed by atoms with Crippen LogP contribution in [0, 0.1) is 17.8 Å². The van der Waals surface area contributed by atoms with E-state index in [4.69, 9.17) is 0 Å². The highest BCUT2D eigenvalue weighted by molar-refractivity contribution is 5.98. The van der Waals surface area contributed by atoms with Crippen molar-refractivity contribution in [3.63, 3.8) is 0 Å². The van der Waals surface area contributed by atoms with Crippen LogP contribution in [0.1, 0.15) is 60.2 Å². The third-order valence-corrected chi connectivity index (χ3v) is 6.38. The molecule has 3 aromatic rings. The number of benzene rings is 3. The Morgan fingerprint density at radius 2 is 1.47 bits per heavy atom. The van der Waals surface area contributed by atoms with Crippen molar-refractivity contribution in [1.82, 2.24) is 5.32 Å². The maximum atomic E-state index is 12.6. The molecule has 2 amide bonds. The second-order valence-corrected chi connectivity index (χ2v) is 9.25. The predicted octanol–water partition coefficient (Wildman–Crippen LogP) is 4.75. The maximum absolute atomic E-state index is 12.6. The average Bonchev–Trinajstić information content (AvgIpc) is 2.95. The average molecular weight is 511 g/mol. The SMILES string of the molecule is CCC(C)[C@H](NC(=O)c1ccc(C#Cc2ccc(NC(=O)CCCc3ccccc3)cc2)cc1)C(=O)CO. The van der Waals surface area contributed by atoms with Gasteiger partial charge in [-0.25, -0.2) is 0 Å². The van der Waals surface area contributed by atoms with Gasteiger partial charge in [-0.05, 0) is 72.9 Å². The summed E-state index contributed by atoms with van der Waals surface area (Å²) < 4.78 is 0. The molecule has 0 radical (unpaired) electrons. The van der Waals surface area contributed by atoms with E-state index < -0.39 is 18.4 Å². The molecule has 0 saturated heterocycles. The summed E-state index contributed by atoms with van der Waals surface area (Å²) in [5, 5.41) is 14.9. The molecule has 0 aromatic heterocycles. The van der Waals surface area contributed by atoms with Crippen LogP contribution in [0.4, 0.5) is 5.69 Å². The summed E-state index contributed by atoms with van der Waals surface area (Å²) >= 11 is 0. The summed E-state index contributed by atoms with van der Waals surface area (Å²) in [7, 11) is 0. The third-order valence-electron chi connectivity index (χ3n) is 6.38. The van der Waals surface area contributed by atoms with Crippen LogP contribution >= 0.6 is 0 Å². The fourth-order valence-corrected chi connectivity index (χ4v) is 3.91. The van der Waals surface area contributed by atoms with Gasteiger partial charge in [-0.3, -0.25) is 14.4 Å². The van der Waals surface area contributed by atoms with E-state index in [1.165, 1.54) is 5.56 Å². The topological polar surface area (TPSA) is 95.5 Å². The lowest BCUT2D eigenvalue weighted by molar-refractivity contribution is -0.124. The molecule has 38 heavy (non-hydrogen) atoms. The van der Waals surface area contributed by atoms with Crippen molar-refractivity contribution in [2.24, 2.45) is 5.92 Å². The third kappa shape index (κ3) is 8.72. The van der Waals surface area contributed by atoms with Crippen LogP contribution in [0.3, 0.4) is 0 Å². The summed E-state index contributed by atoms with van der Waals surface area (Å²) in [5.74, 6) is 5.29. The van der Waals surface area contributed by atoms with Gasteiger partial charge in [-0.15, -0.1) is 0 Å². The molecule has 0 aliphatic heterocycles. The lowest BCUT2D eigenvalue weighted by Gasteiger charge is -2.22. The number of rotatable bonds is 11. The Morgan fingerprint density at radius 3 is 2.05 bits per heavy atom. The number of ketones is 1. The Labute approximate surface area is 224 Å². The number of Topliss-reactive ketones (excluding diaryl/α,β-unsaturated/α-hetero) is 1. The quantitative estimate of drug-likeness (QED) is 0.324. The Balaban J connectivity index is 1.51. The largest absolute Gasteiger partial charge is 0.389 e. The smallest absolute Gasteiger partial charge is 0.251 e. The molecular weight excluding hydrogens is 476 g/mol. The first-order valence-corrected chi connectivity index (χ1v) is 12.9. The minimum atomic E-state index is -0.723. The molecule has 0 aliphatic rings. The number of nitrogens with one attached hydrogen (secondary N) is 2. The molecule has 1 unspecified atom stereocenters. The fraction of sp³-hybridized carbons (Fsp3) is 0.281. The number of carbonyl (C=O) groups is 3. The molecule has 0 heterocycles. The van der Waals surface area contributed by atoms with Crippen molar-refractivity contribution in [2.75, 3.05) is 11.9 Å². The number of hydrogen-bond donors (Lipinski definition) is 3. The summed E-state index contributed by atoms with van der Waals surface area (Å²) in [6.07, 6.45) is 2.82. The molecule has 2 atom stereocenters. The Hall–Kier alpha value is -4.21. The standard InChI is InChI=1S/C32H34N2O4/c1-3-23(2)31(29(36)22-35)34-32(38)27-18-14-25(15-19-27)12-13-26-16-20-28(21-17-26)33-30(37)11-7-10-24-8-5-4-6-9-24/h4-6,8-9,14-21,23,31,35H,3,7,10-11,22H2,1-2H3,(H,33,37)(H,34,38)/t23?,31-/m0/s1. The van der Waals surface area contributed by atoms with Crippen LogP contribution in [0.2, 0.25) is 0 Å². The van der Waals surface area contributed by atoms with Gasteiger partial charge < -0.3 is 15.7 Å². The number of hydrogen-bond acceptors (Lipinski definition) is 4. The zero-order valence-corrected chi connectivity index (χ0v) is 21.9. The van der Waals surface area contributed by atoms with E-state index >= 15 is 0 Å². The van der Waals surface area contributed by atoms with Crippen LogP contribution in [-0.2, 0) is 16.0 Å². The van der Waals surface area contributed by atoms with Crippen LogP contribution in [0.15, 0.2) is 78.9 Å². The number of carbonyl (C=O) groups excluding carboxylic acids is 3. The van der Waals surface area contributed by atoms with Gasteiger partial charge in [0.2, 0.25) is 5.91 Å². The van der Waals surface area contributed by atoms with E-state index in [9.17, 15) is 19.5 Å². The van der Waals surface area contributed by atoms with Crippen molar-refractivity contribution in [3.8, 4) is 11.8 Å². The van der Waals surface area contributed by atoms with Gasteiger partial charge in [-0.1, -0.05) is 62.4 Å². The first-order chi connectivity index (χ1) is 18.4. The van der Waals surface area contributed by atoms with Crippen molar-refractivity contribution in [2.45, 2.75) is 45.6 Å². The first kappa shape index (κ1) is 28.4. The van der Waals surface area contributed by atoms with Crippen LogP contribution in [-0.4, -0.2) is 35.4 Å². The van der Waals surface area contributed by atoms with Crippen molar-refractivity contribution in [3.05, 3.63) is 101 Å². The highest BCUT2D eigenvalue weighted by Crippen LogP contribution is 2.13. The molecule has 3 N–H and O–H groups in total. The Bertz CT molecular complexity index is 1270. The molecule has 0 spiro atoms. The van der Waals surface area contributed by atoms with Crippen molar-refractivity contribution < 1.29 is 19.5 Å². The molecule has 3 rings (SSSR count). The van der Waals surface area contributed by atoms with Gasteiger partial charge in [0.15, 0.2) is 5.78 Å². The monoisotopic (exact) mass is 510 g/mol. The normalized spacial score (nSPS) is 12.0. The number of aliphatic hydroxyl groups excluding tert-OH is 1. The predicted molar refractivity (Wildman–Crippen MR) is 150 cm³/mol. The lowest BCUT2D eigenvalue weighted by Crippen LogP contribution is -2.46. The van der Waals surface area contributed by atoms with Gasteiger partial charge in [0, 0.05) is 28.8 Å². The van der Waals surface area contributed by atoms with Crippen LogP contribution < -0.4 is 10.6 Å². The van der Waals surface area contributed by atoms with Gasteiger partial charge in [0.05, 0.1) is 6.04 Å². The van der Waals surface area contributed by atoms with E-state index in [1.807, 2.05) is 56.3 Å². The summed E-state index contributed by atoms with van der Waals surface area (Å²) in [6, 6.07) is 23.6. The molecule has 0 fully saturated rings. The minimum Gasteiger partial charge on any atom is -0.389 e. The second kappa shape index (κ2) is 14.5. The second-order valence-electron chi connectivity index (χ2n) is 9.25.